The summed E-state index contributed by atoms with van der Waals surface area (Å²) in [5, 5.41) is 0. The standard InChI is InChI=1S/C20H19F3N2O4/c1-3-28-19(27)15-7-8-16(24-12(15)2)18(26)25-10-4-5-13-11-14(6-9-17(13)25)29-20(21,22)23/h6-9,11H,3-5,10H2,1-2H3. The zero-order valence-electron chi connectivity index (χ0n) is 15.9. The van der Waals surface area contributed by atoms with Crippen molar-refractivity contribution in [1.29, 1.82) is 0 Å². The van der Waals surface area contributed by atoms with Crippen molar-refractivity contribution in [3.05, 3.63) is 52.8 Å². The molecule has 0 saturated carbocycles. The number of nitrogens with zero attached hydrogens (tertiary/aromatic N) is 2. The number of ether oxygens (including phenoxy) is 2. The minimum atomic E-state index is -4.78. The zero-order chi connectivity index (χ0) is 21.2. The molecule has 0 bridgehead atoms. The lowest BCUT2D eigenvalue weighted by Crippen LogP contribution is -2.36. The Morgan fingerprint density at radius 3 is 2.62 bits per heavy atom. The third-order valence-electron chi connectivity index (χ3n) is 4.45. The predicted molar refractivity (Wildman–Crippen MR) is 98.1 cm³/mol. The third-order valence-corrected chi connectivity index (χ3v) is 4.45. The smallest absolute Gasteiger partial charge is 0.462 e. The Hall–Kier alpha value is -3.10. The fourth-order valence-electron chi connectivity index (χ4n) is 3.22. The van der Waals surface area contributed by atoms with Gasteiger partial charge in [-0.3, -0.25) is 4.79 Å². The molecule has 0 N–H and O–H groups in total. The highest BCUT2D eigenvalue weighted by Crippen LogP contribution is 2.33. The maximum atomic E-state index is 13.0. The maximum absolute atomic E-state index is 13.0. The molecular weight excluding hydrogens is 389 g/mol. The molecule has 0 unspecified atom stereocenters. The van der Waals surface area contributed by atoms with E-state index in [1.165, 1.54) is 35.2 Å². The molecule has 29 heavy (non-hydrogen) atoms. The van der Waals surface area contributed by atoms with Crippen molar-refractivity contribution < 1.29 is 32.2 Å². The summed E-state index contributed by atoms with van der Waals surface area (Å²) in [6, 6.07) is 6.84. The molecule has 2 aromatic rings. The molecule has 1 aromatic heterocycles. The van der Waals surface area contributed by atoms with Gasteiger partial charge in [-0.1, -0.05) is 0 Å². The van der Waals surface area contributed by atoms with E-state index < -0.39 is 18.2 Å². The third kappa shape index (κ3) is 4.67. The number of fused-ring (bicyclic) bond motifs is 1. The van der Waals surface area contributed by atoms with Gasteiger partial charge in [0.15, 0.2) is 0 Å². The minimum absolute atomic E-state index is 0.138. The summed E-state index contributed by atoms with van der Waals surface area (Å²) in [6.45, 7) is 3.93. The SMILES string of the molecule is CCOC(=O)c1ccc(C(=O)N2CCCc3cc(OC(F)(F)F)ccc32)nc1C. The molecule has 1 aliphatic heterocycles. The van der Waals surface area contributed by atoms with Crippen LogP contribution in [0.25, 0.3) is 0 Å². The Labute approximate surface area is 165 Å². The summed E-state index contributed by atoms with van der Waals surface area (Å²) in [6.07, 6.45) is -3.66. The van der Waals surface area contributed by atoms with Gasteiger partial charge in [0.2, 0.25) is 0 Å². The molecule has 6 nitrogen and oxygen atoms in total. The molecule has 0 spiro atoms. The van der Waals surface area contributed by atoms with Gasteiger partial charge in [-0.15, -0.1) is 13.2 Å². The number of aromatic nitrogens is 1. The van der Waals surface area contributed by atoms with E-state index in [1.54, 1.807) is 13.8 Å². The summed E-state index contributed by atoms with van der Waals surface area (Å²) in [5.41, 5.74) is 1.88. The van der Waals surface area contributed by atoms with E-state index in [0.29, 0.717) is 36.3 Å². The number of anilines is 1. The fourth-order valence-corrected chi connectivity index (χ4v) is 3.22. The van der Waals surface area contributed by atoms with Crippen molar-refractivity contribution >= 4 is 17.6 Å². The van der Waals surface area contributed by atoms with Crippen LogP contribution >= 0.6 is 0 Å². The highest BCUT2D eigenvalue weighted by Gasteiger charge is 2.32. The second-order valence-electron chi connectivity index (χ2n) is 6.45. The summed E-state index contributed by atoms with van der Waals surface area (Å²) in [7, 11) is 0. The van der Waals surface area contributed by atoms with Gasteiger partial charge in [0.25, 0.3) is 5.91 Å². The van der Waals surface area contributed by atoms with Gasteiger partial charge in [0, 0.05) is 12.2 Å². The average Bonchev–Trinajstić information content (AvgIpc) is 2.65. The van der Waals surface area contributed by atoms with Crippen LogP contribution in [0.5, 0.6) is 5.75 Å². The zero-order valence-corrected chi connectivity index (χ0v) is 15.9. The van der Waals surface area contributed by atoms with Crippen LogP contribution < -0.4 is 9.64 Å². The lowest BCUT2D eigenvalue weighted by atomic mass is 10.0. The normalized spacial score (nSPS) is 13.6. The Morgan fingerprint density at radius 2 is 1.97 bits per heavy atom. The van der Waals surface area contributed by atoms with E-state index in [0.717, 1.165) is 0 Å². The number of rotatable bonds is 4. The van der Waals surface area contributed by atoms with Crippen molar-refractivity contribution in [2.45, 2.75) is 33.1 Å². The molecule has 1 aliphatic rings. The number of hydrogen-bond donors (Lipinski definition) is 0. The van der Waals surface area contributed by atoms with Crippen molar-refractivity contribution in [1.82, 2.24) is 4.98 Å². The first-order valence-corrected chi connectivity index (χ1v) is 9.05. The van der Waals surface area contributed by atoms with Gasteiger partial charge in [0.05, 0.1) is 17.9 Å². The number of pyridine rings is 1. The Kier molecular flexibility index (Phi) is 5.76. The fraction of sp³-hybridized carbons (Fsp3) is 0.350. The number of amides is 1. The first-order chi connectivity index (χ1) is 13.7. The molecule has 3 rings (SSSR count). The van der Waals surface area contributed by atoms with Gasteiger partial charge in [0.1, 0.15) is 11.4 Å². The van der Waals surface area contributed by atoms with Crippen molar-refractivity contribution in [2.75, 3.05) is 18.1 Å². The summed E-state index contributed by atoms with van der Waals surface area (Å²) in [5.74, 6) is -1.23. The number of alkyl halides is 3. The molecule has 0 radical (unpaired) electrons. The number of aryl methyl sites for hydroxylation is 2. The number of carbonyl (C=O) groups is 2. The Morgan fingerprint density at radius 1 is 1.21 bits per heavy atom. The van der Waals surface area contributed by atoms with Crippen LogP contribution in [0.3, 0.4) is 0 Å². The quantitative estimate of drug-likeness (QED) is 0.714. The molecule has 1 aromatic carbocycles. The molecule has 2 heterocycles. The number of benzene rings is 1. The number of esters is 1. The first kappa shape index (κ1) is 20.6. The molecule has 0 saturated heterocycles. The van der Waals surface area contributed by atoms with Crippen LogP contribution in [0.4, 0.5) is 18.9 Å². The number of halogens is 3. The van der Waals surface area contributed by atoms with Crippen LogP contribution in [0, 0.1) is 6.92 Å². The molecule has 0 atom stereocenters. The van der Waals surface area contributed by atoms with E-state index in [1.807, 2.05) is 0 Å². The van der Waals surface area contributed by atoms with E-state index in [4.69, 9.17) is 4.74 Å². The lowest BCUT2D eigenvalue weighted by Gasteiger charge is -2.29. The Balaban J connectivity index is 1.86. The van der Waals surface area contributed by atoms with Gasteiger partial charge in [-0.25, -0.2) is 9.78 Å². The molecular formula is C20H19F3N2O4. The highest BCUT2D eigenvalue weighted by atomic mass is 19.4. The number of hydrogen-bond acceptors (Lipinski definition) is 5. The highest BCUT2D eigenvalue weighted by molar-refractivity contribution is 6.06. The van der Waals surface area contributed by atoms with Gasteiger partial charge in [-0.2, -0.15) is 0 Å². The number of carbonyl (C=O) groups excluding carboxylic acids is 2. The van der Waals surface area contributed by atoms with Gasteiger partial charge >= 0.3 is 12.3 Å². The van der Waals surface area contributed by atoms with E-state index in [2.05, 4.69) is 9.72 Å². The molecule has 9 heteroatoms. The van der Waals surface area contributed by atoms with Crippen molar-refractivity contribution in [3.63, 3.8) is 0 Å². The first-order valence-electron chi connectivity index (χ1n) is 9.05. The van der Waals surface area contributed by atoms with Crippen LogP contribution in [0.2, 0.25) is 0 Å². The van der Waals surface area contributed by atoms with Crippen molar-refractivity contribution in [2.24, 2.45) is 0 Å². The minimum Gasteiger partial charge on any atom is -0.462 e. The van der Waals surface area contributed by atoms with Gasteiger partial charge in [-0.05, 0) is 62.6 Å². The van der Waals surface area contributed by atoms with Crippen LogP contribution in [-0.2, 0) is 11.2 Å². The Bertz CT molecular complexity index is 944. The summed E-state index contributed by atoms with van der Waals surface area (Å²) < 4.78 is 46.3. The monoisotopic (exact) mass is 408 g/mol. The van der Waals surface area contributed by atoms with E-state index in [9.17, 15) is 22.8 Å². The predicted octanol–water partition coefficient (Wildman–Crippen LogP) is 4.06. The van der Waals surface area contributed by atoms with E-state index in [-0.39, 0.29) is 23.6 Å². The summed E-state index contributed by atoms with van der Waals surface area (Å²) >= 11 is 0. The second kappa shape index (κ2) is 8.10. The van der Waals surface area contributed by atoms with E-state index >= 15 is 0 Å². The van der Waals surface area contributed by atoms with Crippen LogP contribution in [-0.4, -0.2) is 36.4 Å². The van der Waals surface area contributed by atoms with Gasteiger partial charge < -0.3 is 14.4 Å². The maximum Gasteiger partial charge on any atom is 0.573 e. The molecule has 0 fully saturated rings. The molecule has 154 valence electrons. The van der Waals surface area contributed by atoms with Crippen LogP contribution in [0.1, 0.15) is 45.4 Å². The lowest BCUT2D eigenvalue weighted by molar-refractivity contribution is -0.274. The molecule has 0 aliphatic carbocycles. The average molecular weight is 408 g/mol. The topological polar surface area (TPSA) is 68.7 Å². The van der Waals surface area contributed by atoms with Crippen LogP contribution in [0.15, 0.2) is 30.3 Å². The van der Waals surface area contributed by atoms with Crippen molar-refractivity contribution in [3.8, 4) is 5.75 Å². The molecule has 1 amide bonds. The largest absolute Gasteiger partial charge is 0.573 e. The second-order valence-corrected chi connectivity index (χ2v) is 6.45. The summed E-state index contributed by atoms with van der Waals surface area (Å²) in [4.78, 5) is 30.6.